The Hall–Kier alpha value is -0.730. The van der Waals surface area contributed by atoms with E-state index in [1.807, 2.05) is 4.90 Å². The second-order valence-corrected chi connectivity index (χ2v) is 3.04. The first-order valence-electron chi connectivity index (χ1n) is 4.16. The van der Waals surface area contributed by atoms with E-state index in [1.54, 1.807) is 7.05 Å². The number of likely N-dealkylation sites (tertiary alicyclic amines) is 1. The summed E-state index contributed by atoms with van der Waals surface area (Å²) >= 11 is 0. The van der Waals surface area contributed by atoms with Crippen LogP contribution in [0.25, 0.3) is 0 Å². The molecule has 0 aromatic rings. The van der Waals surface area contributed by atoms with Crippen LogP contribution in [0.15, 0.2) is 4.99 Å². The Bertz CT molecular complexity index is 156. The van der Waals surface area contributed by atoms with Crippen LogP contribution in [0, 0.1) is 0 Å². The molecule has 0 spiro atoms. The molecule has 0 aromatic carbocycles. The van der Waals surface area contributed by atoms with Gasteiger partial charge >= 0.3 is 0 Å². The summed E-state index contributed by atoms with van der Waals surface area (Å²) in [4.78, 5) is 5.50. The molecule has 64 valence electrons. The second kappa shape index (κ2) is 3.60. The molecule has 1 unspecified atom stereocenters. The van der Waals surface area contributed by atoms with Crippen LogP contribution in [-0.2, 0) is 0 Å². The Labute approximate surface area is 67.7 Å². The summed E-state index contributed by atoms with van der Waals surface area (Å²) in [5.74, 6) is 0. The SMILES string of the molecule is CN=C([O-])N1CCCCC1C. The van der Waals surface area contributed by atoms with Crippen LogP contribution in [0.3, 0.4) is 0 Å². The van der Waals surface area contributed by atoms with Gasteiger partial charge in [-0.25, -0.2) is 0 Å². The molecule has 3 nitrogen and oxygen atoms in total. The summed E-state index contributed by atoms with van der Waals surface area (Å²) in [6, 6.07) is 0.331. The molecule has 1 rings (SSSR count). The summed E-state index contributed by atoms with van der Waals surface area (Å²) in [7, 11) is 1.56. The van der Waals surface area contributed by atoms with Gasteiger partial charge in [0.25, 0.3) is 0 Å². The Morgan fingerprint density at radius 1 is 1.55 bits per heavy atom. The van der Waals surface area contributed by atoms with Gasteiger partial charge in [0.2, 0.25) is 0 Å². The summed E-state index contributed by atoms with van der Waals surface area (Å²) in [5.41, 5.74) is 0. The van der Waals surface area contributed by atoms with E-state index in [2.05, 4.69) is 11.9 Å². The molecule has 1 heterocycles. The standard InChI is InChI=1S/C8H16N2O/c1-7-5-3-4-6-10(7)8(11)9-2/h7H,3-6H2,1-2H3,(H,9,11)/p-1. The third-order valence-corrected chi connectivity index (χ3v) is 2.24. The monoisotopic (exact) mass is 155 g/mol. The Balaban J connectivity index is 2.54. The minimum Gasteiger partial charge on any atom is -0.846 e. The fourth-order valence-corrected chi connectivity index (χ4v) is 1.51. The number of hydrogen-bond donors (Lipinski definition) is 0. The molecule has 1 saturated heterocycles. The van der Waals surface area contributed by atoms with Crippen LogP contribution in [-0.4, -0.2) is 30.6 Å². The van der Waals surface area contributed by atoms with Crippen LogP contribution >= 0.6 is 0 Å². The summed E-state index contributed by atoms with van der Waals surface area (Å²) < 4.78 is 0. The van der Waals surface area contributed by atoms with E-state index in [1.165, 1.54) is 6.42 Å². The van der Waals surface area contributed by atoms with Crippen molar-refractivity contribution < 1.29 is 5.11 Å². The molecule has 1 aliphatic heterocycles. The molecular formula is C8H15N2O-. The van der Waals surface area contributed by atoms with Gasteiger partial charge in [-0.2, -0.15) is 0 Å². The average Bonchev–Trinajstić information content (AvgIpc) is 2.04. The normalized spacial score (nSPS) is 27.3. The van der Waals surface area contributed by atoms with Gasteiger partial charge in [-0.05, 0) is 26.2 Å². The lowest BCUT2D eigenvalue weighted by atomic mass is 10.0. The number of aliphatic imine (C=N–C) groups is 1. The molecule has 0 radical (unpaired) electrons. The maximum atomic E-state index is 11.1. The van der Waals surface area contributed by atoms with E-state index in [0.717, 1.165) is 19.4 Å². The lowest BCUT2D eigenvalue weighted by molar-refractivity contribution is -0.238. The first-order valence-corrected chi connectivity index (χ1v) is 4.16. The zero-order valence-electron chi connectivity index (χ0n) is 7.21. The van der Waals surface area contributed by atoms with Gasteiger partial charge in [0.05, 0.1) is 0 Å². The topological polar surface area (TPSA) is 38.7 Å². The lowest BCUT2D eigenvalue weighted by Gasteiger charge is -2.38. The summed E-state index contributed by atoms with van der Waals surface area (Å²) in [6.45, 7) is 2.97. The van der Waals surface area contributed by atoms with Crippen LogP contribution in [0.2, 0.25) is 0 Å². The van der Waals surface area contributed by atoms with Gasteiger partial charge in [0, 0.05) is 25.7 Å². The minimum atomic E-state index is -0.0581. The van der Waals surface area contributed by atoms with Gasteiger partial charge in [-0.15, -0.1) is 0 Å². The van der Waals surface area contributed by atoms with Crippen molar-refractivity contribution >= 4 is 6.02 Å². The average molecular weight is 155 g/mol. The Morgan fingerprint density at radius 3 is 2.82 bits per heavy atom. The number of piperidine rings is 1. The highest BCUT2D eigenvalue weighted by Crippen LogP contribution is 2.15. The number of amidine groups is 1. The molecule has 3 heteroatoms. The van der Waals surface area contributed by atoms with Crippen molar-refractivity contribution in [3.63, 3.8) is 0 Å². The van der Waals surface area contributed by atoms with E-state index in [0.29, 0.717) is 6.04 Å². The van der Waals surface area contributed by atoms with Gasteiger partial charge in [-0.1, -0.05) is 0 Å². The predicted molar refractivity (Wildman–Crippen MR) is 43.4 cm³/mol. The van der Waals surface area contributed by atoms with Crippen LogP contribution in [0.5, 0.6) is 0 Å². The molecular weight excluding hydrogens is 140 g/mol. The second-order valence-electron chi connectivity index (χ2n) is 3.04. The largest absolute Gasteiger partial charge is 0.846 e. The van der Waals surface area contributed by atoms with Crippen molar-refractivity contribution in [2.45, 2.75) is 32.2 Å². The van der Waals surface area contributed by atoms with Crippen molar-refractivity contribution in [2.24, 2.45) is 4.99 Å². The van der Waals surface area contributed by atoms with Crippen LogP contribution in [0.1, 0.15) is 26.2 Å². The maximum absolute atomic E-state index is 11.1. The fraction of sp³-hybridized carbons (Fsp3) is 0.875. The summed E-state index contributed by atoms with van der Waals surface area (Å²) in [5, 5.41) is 11.1. The molecule has 1 aliphatic rings. The molecule has 0 amide bonds. The number of rotatable bonds is 0. The van der Waals surface area contributed by atoms with Gasteiger partial charge in [-0.3, -0.25) is 4.99 Å². The smallest absolute Gasteiger partial charge is 0.0497 e. The Kier molecular flexibility index (Phi) is 2.74. The number of hydrogen-bond acceptors (Lipinski definition) is 2. The predicted octanol–water partition coefficient (Wildman–Crippen LogP) is 0.207. The van der Waals surface area contributed by atoms with Crippen molar-refractivity contribution in [2.75, 3.05) is 13.6 Å². The van der Waals surface area contributed by atoms with Crippen molar-refractivity contribution in [3.05, 3.63) is 0 Å². The van der Waals surface area contributed by atoms with Gasteiger partial charge < -0.3 is 10.0 Å². The molecule has 0 bridgehead atoms. The first-order chi connectivity index (χ1) is 5.25. The van der Waals surface area contributed by atoms with E-state index < -0.39 is 0 Å². The van der Waals surface area contributed by atoms with E-state index in [4.69, 9.17) is 0 Å². The summed E-state index contributed by atoms with van der Waals surface area (Å²) in [6.07, 6.45) is 3.50. The third kappa shape index (κ3) is 1.85. The molecule has 0 N–H and O–H groups in total. The quantitative estimate of drug-likeness (QED) is 0.370. The molecule has 0 aromatic heterocycles. The highest BCUT2D eigenvalue weighted by atomic mass is 16.3. The minimum absolute atomic E-state index is 0.0581. The number of nitrogens with zero attached hydrogens (tertiary/aromatic N) is 2. The highest BCUT2D eigenvalue weighted by Gasteiger charge is 2.16. The van der Waals surface area contributed by atoms with Crippen molar-refractivity contribution in [1.82, 2.24) is 4.90 Å². The van der Waals surface area contributed by atoms with E-state index in [-0.39, 0.29) is 6.02 Å². The van der Waals surface area contributed by atoms with E-state index >= 15 is 0 Å². The van der Waals surface area contributed by atoms with Gasteiger partial charge in [0.15, 0.2) is 0 Å². The van der Waals surface area contributed by atoms with Crippen molar-refractivity contribution in [1.29, 1.82) is 0 Å². The molecule has 1 atom stereocenters. The zero-order valence-corrected chi connectivity index (χ0v) is 7.21. The maximum Gasteiger partial charge on any atom is 0.0497 e. The van der Waals surface area contributed by atoms with Crippen LogP contribution < -0.4 is 5.11 Å². The molecule has 1 fully saturated rings. The molecule has 0 saturated carbocycles. The van der Waals surface area contributed by atoms with Crippen LogP contribution in [0.4, 0.5) is 0 Å². The first kappa shape index (κ1) is 8.37. The molecule has 11 heavy (non-hydrogen) atoms. The fourth-order valence-electron chi connectivity index (χ4n) is 1.51. The third-order valence-electron chi connectivity index (χ3n) is 2.24. The molecule has 0 aliphatic carbocycles. The van der Waals surface area contributed by atoms with E-state index in [9.17, 15) is 5.11 Å². The Morgan fingerprint density at radius 2 is 2.27 bits per heavy atom. The van der Waals surface area contributed by atoms with Gasteiger partial charge in [0.1, 0.15) is 0 Å². The van der Waals surface area contributed by atoms with Crippen molar-refractivity contribution in [3.8, 4) is 0 Å². The highest BCUT2D eigenvalue weighted by molar-refractivity contribution is 5.69. The zero-order chi connectivity index (χ0) is 8.27. The lowest BCUT2D eigenvalue weighted by Crippen LogP contribution is -2.47.